The van der Waals surface area contributed by atoms with Crippen LogP contribution in [0.25, 0.3) is 5.69 Å². The van der Waals surface area contributed by atoms with Gasteiger partial charge >= 0.3 is 6.18 Å². The Morgan fingerprint density at radius 2 is 2.13 bits per heavy atom. The first-order valence-corrected chi connectivity index (χ1v) is 3.90. The second-order valence-electron chi connectivity index (χ2n) is 2.83. The SMILES string of the molecule is Nc1cn(-c2cn[nH]c2)nc1C(F)(F)F. The van der Waals surface area contributed by atoms with Gasteiger partial charge in [0.1, 0.15) is 5.69 Å². The summed E-state index contributed by atoms with van der Waals surface area (Å²) in [5.74, 6) is 0. The molecule has 0 spiro atoms. The van der Waals surface area contributed by atoms with E-state index in [1.807, 2.05) is 0 Å². The van der Waals surface area contributed by atoms with Gasteiger partial charge in [0, 0.05) is 6.20 Å². The molecule has 0 amide bonds. The zero-order valence-corrected chi connectivity index (χ0v) is 7.28. The molecule has 2 rings (SSSR count). The molecule has 80 valence electrons. The van der Waals surface area contributed by atoms with Crippen molar-refractivity contribution >= 4 is 5.69 Å². The summed E-state index contributed by atoms with van der Waals surface area (Å²) in [6, 6.07) is 0. The first kappa shape index (κ1) is 9.56. The molecule has 0 radical (unpaired) electrons. The summed E-state index contributed by atoms with van der Waals surface area (Å²) in [6.07, 6.45) is -0.702. The third-order valence-electron chi connectivity index (χ3n) is 1.76. The van der Waals surface area contributed by atoms with Crippen molar-refractivity contribution in [2.75, 3.05) is 5.73 Å². The Kier molecular flexibility index (Phi) is 1.92. The lowest BCUT2D eigenvalue weighted by molar-refractivity contribution is -0.140. The second-order valence-corrected chi connectivity index (χ2v) is 2.83. The third kappa shape index (κ3) is 1.65. The van der Waals surface area contributed by atoms with Crippen LogP contribution in [-0.2, 0) is 6.18 Å². The highest BCUT2D eigenvalue weighted by Crippen LogP contribution is 2.32. The fourth-order valence-electron chi connectivity index (χ4n) is 1.11. The van der Waals surface area contributed by atoms with Crippen molar-refractivity contribution in [3.8, 4) is 5.69 Å². The van der Waals surface area contributed by atoms with Gasteiger partial charge in [0.15, 0.2) is 5.69 Å². The van der Waals surface area contributed by atoms with Crippen LogP contribution in [0.5, 0.6) is 0 Å². The van der Waals surface area contributed by atoms with Crippen LogP contribution in [0.3, 0.4) is 0 Å². The summed E-state index contributed by atoms with van der Waals surface area (Å²) >= 11 is 0. The van der Waals surface area contributed by atoms with Gasteiger partial charge < -0.3 is 5.73 Å². The second kappa shape index (κ2) is 3.01. The minimum Gasteiger partial charge on any atom is -0.396 e. The number of nitrogens with zero attached hydrogens (tertiary/aromatic N) is 3. The van der Waals surface area contributed by atoms with Crippen molar-refractivity contribution in [2.45, 2.75) is 6.18 Å². The standard InChI is InChI=1S/C7H6F3N5/c8-7(9,10)6-5(11)3-15(14-6)4-1-12-13-2-4/h1-3H,11H2,(H,12,13). The highest BCUT2D eigenvalue weighted by Gasteiger charge is 2.36. The smallest absolute Gasteiger partial charge is 0.396 e. The Balaban J connectivity index is 2.47. The Labute approximate surface area is 81.7 Å². The van der Waals surface area contributed by atoms with Crippen LogP contribution in [0, 0.1) is 0 Å². The third-order valence-corrected chi connectivity index (χ3v) is 1.76. The molecule has 0 unspecified atom stereocenters. The van der Waals surface area contributed by atoms with Crippen molar-refractivity contribution in [2.24, 2.45) is 0 Å². The zero-order valence-electron chi connectivity index (χ0n) is 7.28. The number of H-pyrrole nitrogens is 1. The summed E-state index contributed by atoms with van der Waals surface area (Å²) < 4.78 is 38.0. The number of nitrogen functional groups attached to an aromatic ring is 1. The molecule has 3 N–H and O–H groups in total. The van der Waals surface area contributed by atoms with E-state index in [1.165, 1.54) is 12.4 Å². The first-order valence-electron chi connectivity index (χ1n) is 3.90. The van der Waals surface area contributed by atoms with Crippen molar-refractivity contribution in [1.82, 2.24) is 20.0 Å². The van der Waals surface area contributed by atoms with Crippen LogP contribution >= 0.6 is 0 Å². The molecular weight excluding hydrogens is 211 g/mol. The van der Waals surface area contributed by atoms with Crippen molar-refractivity contribution in [3.05, 3.63) is 24.3 Å². The molecule has 0 aliphatic heterocycles. The molecule has 2 aromatic rings. The van der Waals surface area contributed by atoms with Crippen LogP contribution in [0.15, 0.2) is 18.6 Å². The lowest BCUT2D eigenvalue weighted by atomic mass is 10.4. The van der Waals surface area contributed by atoms with E-state index < -0.39 is 17.6 Å². The average Bonchev–Trinajstić information content (AvgIpc) is 2.68. The van der Waals surface area contributed by atoms with Crippen LogP contribution in [0.4, 0.5) is 18.9 Å². The van der Waals surface area contributed by atoms with Gasteiger partial charge in [-0.3, -0.25) is 5.10 Å². The molecule has 15 heavy (non-hydrogen) atoms. The number of anilines is 1. The van der Waals surface area contributed by atoms with Crippen molar-refractivity contribution < 1.29 is 13.2 Å². The molecule has 0 aliphatic rings. The lowest BCUT2D eigenvalue weighted by Gasteiger charge is -2.01. The normalized spacial score (nSPS) is 11.9. The molecule has 0 atom stereocenters. The van der Waals surface area contributed by atoms with Crippen LogP contribution in [0.1, 0.15) is 5.69 Å². The van der Waals surface area contributed by atoms with E-state index in [2.05, 4.69) is 15.3 Å². The minimum absolute atomic E-state index is 0.386. The van der Waals surface area contributed by atoms with Gasteiger partial charge in [0.05, 0.1) is 18.1 Å². The predicted octanol–water partition coefficient (Wildman–Crippen LogP) is 1.20. The summed E-state index contributed by atoms with van der Waals surface area (Å²) in [4.78, 5) is 0. The lowest BCUT2D eigenvalue weighted by Crippen LogP contribution is -2.09. The maximum atomic E-state index is 12.3. The largest absolute Gasteiger partial charge is 0.437 e. The van der Waals surface area contributed by atoms with E-state index in [0.29, 0.717) is 5.69 Å². The van der Waals surface area contributed by atoms with Gasteiger partial charge in [-0.25, -0.2) is 4.68 Å². The van der Waals surface area contributed by atoms with Crippen LogP contribution in [0.2, 0.25) is 0 Å². The monoisotopic (exact) mass is 217 g/mol. The van der Waals surface area contributed by atoms with E-state index in [0.717, 1.165) is 10.9 Å². The summed E-state index contributed by atoms with van der Waals surface area (Å²) in [7, 11) is 0. The molecular formula is C7H6F3N5. The van der Waals surface area contributed by atoms with E-state index in [4.69, 9.17) is 5.73 Å². The van der Waals surface area contributed by atoms with Crippen LogP contribution < -0.4 is 5.73 Å². The highest BCUT2D eigenvalue weighted by molar-refractivity contribution is 5.44. The molecule has 5 nitrogen and oxygen atoms in total. The molecule has 2 heterocycles. The first-order chi connectivity index (χ1) is 6.98. The zero-order chi connectivity index (χ0) is 11.1. The van der Waals surface area contributed by atoms with E-state index in [-0.39, 0.29) is 0 Å². The number of aromatic amines is 1. The summed E-state index contributed by atoms with van der Waals surface area (Å²) in [5.41, 5.74) is 4.08. The van der Waals surface area contributed by atoms with Gasteiger partial charge in [0.2, 0.25) is 0 Å². The number of aromatic nitrogens is 4. The van der Waals surface area contributed by atoms with Crippen molar-refractivity contribution in [1.29, 1.82) is 0 Å². The van der Waals surface area contributed by atoms with Gasteiger partial charge in [-0.1, -0.05) is 0 Å². The minimum atomic E-state index is -4.54. The van der Waals surface area contributed by atoms with Gasteiger partial charge in [-0.15, -0.1) is 0 Å². The molecule has 2 aromatic heterocycles. The molecule has 8 heteroatoms. The number of nitrogens with two attached hydrogens (primary N) is 1. The summed E-state index contributed by atoms with van der Waals surface area (Å²) in [5, 5.41) is 9.38. The quantitative estimate of drug-likeness (QED) is 0.753. The van der Waals surface area contributed by atoms with Crippen molar-refractivity contribution in [3.63, 3.8) is 0 Å². The highest BCUT2D eigenvalue weighted by atomic mass is 19.4. The molecule has 0 bridgehead atoms. The Morgan fingerprint density at radius 1 is 1.40 bits per heavy atom. The average molecular weight is 217 g/mol. The molecule has 0 aliphatic carbocycles. The van der Waals surface area contributed by atoms with Crippen LogP contribution in [-0.4, -0.2) is 20.0 Å². The van der Waals surface area contributed by atoms with E-state index in [1.54, 1.807) is 0 Å². The maximum absolute atomic E-state index is 12.3. The van der Waals surface area contributed by atoms with E-state index >= 15 is 0 Å². The topological polar surface area (TPSA) is 72.5 Å². The number of halogens is 3. The van der Waals surface area contributed by atoms with Gasteiger partial charge in [-0.05, 0) is 0 Å². The number of rotatable bonds is 1. The Hall–Kier alpha value is -1.99. The van der Waals surface area contributed by atoms with E-state index in [9.17, 15) is 13.2 Å². The Bertz CT molecular complexity index is 455. The fourth-order valence-corrected chi connectivity index (χ4v) is 1.11. The maximum Gasteiger partial charge on any atom is 0.437 e. The number of hydrogen-bond donors (Lipinski definition) is 2. The fraction of sp³-hybridized carbons (Fsp3) is 0.143. The van der Waals surface area contributed by atoms with Gasteiger partial charge in [0.25, 0.3) is 0 Å². The molecule has 0 aromatic carbocycles. The summed E-state index contributed by atoms with van der Waals surface area (Å²) in [6.45, 7) is 0. The molecule has 0 saturated carbocycles. The number of nitrogens with one attached hydrogen (secondary N) is 1. The Morgan fingerprint density at radius 3 is 2.60 bits per heavy atom. The molecule has 0 saturated heterocycles. The molecule has 0 fully saturated rings. The number of hydrogen-bond acceptors (Lipinski definition) is 3. The predicted molar refractivity (Wildman–Crippen MR) is 45.1 cm³/mol. The van der Waals surface area contributed by atoms with Gasteiger partial charge in [-0.2, -0.15) is 23.4 Å². The number of alkyl halides is 3.